The molecule has 0 atom stereocenters. The molecule has 0 bridgehead atoms. The predicted octanol–water partition coefficient (Wildman–Crippen LogP) is 2.55. The first-order chi connectivity index (χ1) is 13.2. The van der Waals surface area contributed by atoms with Crippen LogP contribution < -0.4 is 15.2 Å². The summed E-state index contributed by atoms with van der Waals surface area (Å²) in [6.45, 7) is 1.49. The van der Waals surface area contributed by atoms with Crippen molar-refractivity contribution < 1.29 is 9.47 Å². The maximum absolute atomic E-state index is 6.05. The van der Waals surface area contributed by atoms with E-state index in [0.717, 1.165) is 12.1 Å². The topological polar surface area (TPSA) is 93.0 Å². The minimum Gasteiger partial charge on any atom is -0.497 e. The van der Waals surface area contributed by atoms with E-state index in [2.05, 4.69) is 14.5 Å². The van der Waals surface area contributed by atoms with E-state index in [0.29, 0.717) is 41.2 Å². The average molecular weight is 364 g/mol. The number of hydrogen-bond acceptors (Lipinski definition) is 6. The summed E-state index contributed by atoms with van der Waals surface area (Å²) in [5.41, 5.74) is 7.36. The molecule has 8 heteroatoms. The van der Waals surface area contributed by atoms with Crippen molar-refractivity contribution in [2.24, 2.45) is 0 Å². The van der Waals surface area contributed by atoms with Crippen molar-refractivity contribution in [3.63, 3.8) is 0 Å². The van der Waals surface area contributed by atoms with Gasteiger partial charge in [-0.05, 0) is 30.3 Å². The van der Waals surface area contributed by atoms with Crippen LogP contribution in [0.3, 0.4) is 0 Å². The van der Waals surface area contributed by atoms with Crippen LogP contribution >= 0.6 is 0 Å². The largest absolute Gasteiger partial charge is 0.497 e. The van der Waals surface area contributed by atoms with Gasteiger partial charge in [-0.1, -0.05) is 0 Å². The molecule has 138 valence electrons. The molecule has 3 heterocycles. The van der Waals surface area contributed by atoms with Gasteiger partial charge in [0.15, 0.2) is 23.2 Å². The molecule has 0 spiro atoms. The van der Waals surface area contributed by atoms with E-state index in [1.807, 2.05) is 47.3 Å². The standard InChI is InChI=1S/C19H20N6O2/c1-26-13-5-6-15(27-2)14(11-13)18-22-16-17(20)21-12-25(19(16)23-18)10-9-24-7-3-4-8-24/h3-8,11-12H,9-10,20H2,1-2H3. The van der Waals surface area contributed by atoms with Crippen LogP contribution in [-0.2, 0) is 13.1 Å². The SMILES string of the molecule is COc1ccc(OC)c(-c2nc3c(N)ncn(CCn4cccc4)c-3n2)c1. The summed E-state index contributed by atoms with van der Waals surface area (Å²) in [6.07, 6.45) is 5.74. The van der Waals surface area contributed by atoms with Gasteiger partial charge in [-0.25, -0.2) is 15.0 Å². The summed E-state index contributed by atoms with van der Waals surface area (Å²) >= 11 is 0. The number of anilines is 1. The maximum Gasteiger partial charge on any atom is 0.166 e. The second-order valence-electron chi connectivity index (χ2n) is 6.03. The van der Waals surface area contributed by atoms with E-state index < -0.39 is 0 Å². The fourth-order valence-corrected chi connectivity index (χ4v) is 2.97. The Balaban J connectivity index is 1.76. The van der Waals surface area contributed by atoms with E-state index >= 15 is 0 Å². The van der Waals surface area contributed by atoms with E-state index in [-0.39, 0.29) is 0 Å². The van der Waals surface area contributed by atoms with Crippen LogP contribution in [0.5, 0.6) is 11.5 Å². The van der Waals surface area contributed by atoms with E-state index in [1.165, 1.54) is 0 Å². The van der Waals surface area contributed by atoms with E-state index in [1.54, 1.807) is 20.5 Å². The molecule has 1 aromatic heterocycles. The molecule has 1 aromatic carbocycles. The number of nitrogens with two attached hydrogens (primary N) is 1. The number of aromatic nitrogens is 5. The second kappa shape index (κ2) is 6.99. The fraction of sp³-hybridized carbons (Fsp3) is 0.211. The molecule has 0 amide bonds. The molecule has 0 saturated heterocycles. The van der Waals surface area contributed by atoms with Gasteiger partial charge in [-0.15, -0.1) is 0 Å². The summed E-state index contributed by atoms with van der Waals surface area (Å²) in [6, 6.07) is 9.50. The van der Waals surface area contributed by atoms with Crippen LogP contribution in [0.2, 0.25) is 0 Å². The molecule has 2 aromatic rings. The zero-order valence-corrected chi connectivity index (χ0v) is 15.2. The Bertz CT molecular complexity index is 1020. The van der Waals surface area contributed by atoms with Crippen molar-refractivity contribution in [2.45, 2.75) is 13.1 Å². The number of fused-ring (bicyclic) bond motifs is 1. The lowest BCUT2D eigenvalue weighted by atomic mass is 10.2. The highest BCUT2D eigenvalue weighted by Gasteiger charge is 2.21. The lowest BCUT2D eigenvalue weighted by molar-refractivity contribution is 0.404. The van der Waals surface area contributed by atoms with Crippen LogP contribution in [0.4, 0.5) is 5.82 Å². The van der Waals surface area contributed by atoms with Gasteiger partial charge in [-0.3, -0.25) is 0 Å². The molecule has 8 nitrogen and oxygen atoms in total. The monoisotopic (exact) mass is 364 g/mol. The summed E-state index contributed by atoms with van der Waals surface area (Å²) in [5, 5.41) is 0. The highest BCUT2D eigenvalue weighted by atomic mass is 16.5. The summed E-state index contributed by atoms with van der Waals surface area (Å²) in [7, 11) is 3.23. The van der Waals surface area contributed by atoms with Crippen molar-refractivity contribution >= 4 is 5.82 Å². The molecule has 0 aliphatic carbocycles. The van der Waals surface area contributed by atoms with Crippen LogP contribution in [0, 0.1) is 0 Å². The van der Waals surface area contributed by atoms with E-state index in [4.69, 9.17) is 20.2 Å². The third kappa shape index (κ3) is 3.17. The zero-order valence-electron chi connectivity index (χ0n) is 15.2. The number of rotatable bonds is 6. The maximum atomic E-state index is 6.05. The van der Waals surface area contributed by atoms with Gasteiger partial charge in [0.1, 0.15) is 11.5 Å². The number of nitrogens with zero attached hydrogens (tertiary/aromatic N) is 5. The van der Waals surface area contributed by atoms with Crippen LogP contribution in [0.15, 0.2) is 49.1 Å². The number of benzene rings is 1. The van der Waals surface area contributed by atoms with Gasteiger partial charge in [0.25, 0.3) is 0 Å². The van der Waals surface area contributed by atoms with Crippen LogP contribution in [0.1, 0.15) is 0 Å². The number of nitrogen functional groups attached to an aromatic ring is 1. The van der Waals surface area contributed by atoms with Crippen molar-refractivity contribution in [2.75, 3.05) is 20.0 Å². The van der Waals surface area contributed by atoms with Gasteiger partial charge >= 0.3 is 0 Å². The van der Waals surface area contributed by atoms with E-state index in [9.17, 15) is 0 Å². The van der Waals surface area contributed by atoms with Gasteiger partial charge in [-0.2, -0.15) is 0 Å². The first-order valence-corrected chi connectivity index (χ1v) is 8.51. The lowest BCUT2D eigenvalue weighted by Gasteiger charge is -2.11. The summed E-state index contributed by atoms with van der Waals surface area (Å²) < 4.78 is 14.8. The van der Waals surface area contributed by atoms with Gasteiger partial charge in [0.2, 0.25) is 0 Å². The Morgan fingerprint density at radius 2 is 1.85 bits per heavy atom. The molecular formula is C19H20N6O2. The second-order valence-corrected chi connectivity index (χ2v) is 6.03. The molecule has 0 saturated carbocycles. The minimum absolute atomic E-state index is 0.350. The molecular weight excluding hydrogens is 344 g/mol. The summed E-state index contributed by atoms with van der Waals surface area (Å²) in [5.74, 6) is 2.93. The predicted molar refractivity (Wildman–Crippen MR) is 102 cm³/mol. The normalized spacial score (nSPS) is 11.0. The Kier molecular flexibility index (Phi) is 4.37. The Morgan fingerprint density at radius 1 is 1.04 bits per heavy atom. The van der Waals surface area contributed by atoms with Gasteiger partial charge in [0.05, 0.1) is 26.1 Å². The molecule has 2 aliphatic rings. The van der Waals surface area contributed by atoms with Gasteiger partial charge < -0.3 is 24.3 Å². The quantitative estimate of drug-likeness (QED) is 0.565. The smallest absolute Gasteiger partial charge is 0.166 e. The first kappa shape index (κ1) is 16.9. The van der Waals surface area contributed by atoms with Crippen molar-refractivity contribution in [1.82, 2.24) is 24.1 Å². The molecule has 0 fully saturated rings. The fourth-order valence-electron chi connectivity index (χ4n) is 2.97. The molecule has 0 unspecified atom stereocenters. The zero-order chi connectivity index (χ0) is 18.8. The van der Waals surface area contributed by atoms with Crippen molar-refractivity contribution in [1.29, 1.82) is 0 Å². The van der Waals surface area contributed by atoms with Crippen molar-refractivity contribution in [3.05, 3.63) is 49.1 Å². The third-order valence-corrected chi connectivity index (χ3v) is 4.41. The average Bonchev–Trinajstić information content (AvgIpc) is 3.37. The van der Waals surface area contributed by atoms with Gasteiger partial charge in [0, 0.05) is 25.5 Å². The minimum atomic E-state index is 0.350. The molecule has 2 N–H and O–H groups in total. The molecule has 0 radical (unpaired) electrons. The van der Waals surface area contributed by atoms with Crippen molar-refractivity contribution in [3.8, 4) is 34.4 Å². The number of methoxy groups -OCH3 is 2. The summed E-state index contributed by atoms with van der Waals surface area (Å²) in [4.78, 5) is 13.6. The Hall–Kier alpha value is -3.55. The Labute approximate surface area is 156 Å². The third-order valence-electron chi connectivity index (χ3n) is 4.41. The lowest BCUT2D eigenvalue weighted by Crippen LogP contribution is -2.11. The van der Waals surface area contributed by atoms with Crippen LogP contribution in [0.25, 0.3) is 22.9 Å². The number of imidazole rings is 1. The number of hydrogen-bond donors (Lipinski definition) is 1. The van der Waals surface area contributed by atoms with Crippen LogP contribution in [-0.4, -0.2) is 38.3 Å². The molecule has 4 rings (SSSR count). The molecule has 2 aliphatic heterocycles. The number of ether oxygens (including phenoxy) is 2. The first-order valence-electron chi connectivity index (χ1n) is 8.51. The molecule has 27 heavy (non-hydrogen) atoms. The number of aryl methyl sites for hydroxylation is 2. The Morgan fingerprint density at radius 3 is 2.59 bits per heavy atom. The highest BCUT2D eigenvalue weighted by molar-refractivity contribution is 5.74. The highest BCUT2D eigenvalue weighted by Crippen LogP contribution is 2.35.